The number of aliphatic hydroxyl groups is 2. The lowest BCUT2D eigenvalue weighted by Crippen LogP contribution is -2.16. The summed E-state index contributed by atoms with van der Waals surface area (Å²) in [5, 5.41) is 26.0. The Morgan fingerprint density at radius 2 is 2.25 bits per heavy atom. The van der Waals surface area contributed by atoms with Crippen LogP contribution in [0.4, 0.5) is 0 Å². The van der Waals surface area contributed by atoms with Gasteiger partial charge in [0.15, 0.2) is 6.29 Å². The molecule has 12 heavy (non-hydrogen) atoms. The van der Waals surface area contributed by atoms with Crippen LogP contribution >= 0.6 is 0 Å². The Labute approximate surface area is 73.0 Å². The summed E-state index contributed by atoms with van der Waals surface area (Å²) in [5.74, 6) is 0. The Bertz CT molecular complexity index is 183. The molecule has 0 radical (unpaired) electrons. The van der Waals surface area contributed by atoms with Crippen molar-refractivity contribution in [3.8, 4) is 6.07 Å². The second kappa shape index (κ2) is 4.91. The Balaban J connectivity index is 3.98. The van der Waals surface area contributed by atoms with Crippen LogP contribution in [-0.4, -0.2) is 16.5 Å². The van der Waals surface area contributed by atoms with Crippen molar-refractivity contribution in [2.24, 2.45) is 5.41 Å². The van der Waals surface area contributed by atoms with Gasteiger partial charge in [-0.3, -0.25) is 0 Å². The average molecular weight is 169 g/mol. The van der Waals surface area contributed by atoms with Crippen LogP contribution < -0.4 is 0 Å². The molecular formula is C9H15NO2. The summed E-state index contributed by atoms with van der Waals surface area (Å²) in [6.45, 7) is 5.33. The maximum Gasteiger partial charge on any atom is 0.151 e. The zero-order valence-corrected chi connectivity index (χ0v) is 7.32. The van der Waals surface area contributed by atoms with Gasteiger partial charge >= 0.3 is 0 Å². The Morgan fingerprint density at radius 3 is 2.58 bits per heavy atom. The third kappa shape index (κ3) is 4.12. The fourth-order valence-electron chi connectivity index (χ4n) is 0.970. The van der Waals surface area contributed by atoms with Crippen LogP contribution in [0.1, 0.15) is 26.2 Å². The standard InChI is InChI=1S/C9H15NO2/c1-3-5-9(2,7-10)6-4-8(11)12/h3,8,11-12H,1,4-6H2,2H3. The van der Waals surface area contributed by atoms with E-state index in [0.29, 0.717) is 12.8 Å². The van der Waals surface area contributed by atoms with Crippen LogP contribution in [0.2, 0.25) is 0 Å². The van der Waals surface area contributed by atoms with Gasteiger partial charge < -0.3 is 10.2 Å². The van der Waals surface area contributed by atoms with Crippen LogP contribution in [0.25, 0.3) is 0 Å². The Kier molecular flexibility index (Phi) is 4.57. The predicted octanol–water partition coefficient (Wildman–Crippen LogP) is 1.18. The second-order valence-electron chi connectivity index (χ2n) is 3.18. The van der Waals surface area contributed by atoms with Gasteiger partial charge in [-0.05, 0) is 26.2 Å². The van der Waals surface area contributed by atoms with Crippen molar-refractivity contribution in [2.75, 3.05) is 0 Å². The van der Waals surface area contributed by atoms with E-state index in [4.69, 9.17) is 15.5 Å². The van der Waals surface area contributed by atoms with E-state index in [1.165, 1.54) is 0 Å². The minimum Gasteiger partial charge on any atom is -0.368 e. The molecule has 0 fully saturated rings. The lowest BCUT2D eigenvalue weighted by molar-refractivity contribution is -0.0505. The van der Waals surface area contributed by atoms with E-state index in [1.54, 1.807) is 13.0 Å². The highest BCUT2D eigenvalue weighted by Crippen LogP contribution is 2.27. The Hall–Kier alpha value is -0.850. The molecule has 0 aromatic rings. The van der Waals surface area contributed by atoms with E-state index in [1.807, 2.05) is 0 Å². The number of hydrogen-bond acceptors (Lipinski definition) is 3. The lowest BCUT2D eigenvalue weighted by Gasteiger charge is -2.19. The van der Waals surface area contributed by atoms with E-state index < -0.39 is 11.7 Å². The van der Waals surface area contributed by atoms with E-state index in [2.05, 4.69) is 12.6 Å². The van der Waals surface area contributed by atoms with Gasteiger partial charge in [0, 0.05) is 0 Å². The van der Waals surface area contributed by atoms with Gasteiger partial charge in [0.05, 0.1) is 11.5 Å². The molecule has 1 unspecified atom stereocenters. The van der Waals surface area contributed by atoms with Crippen LogP contribution in [0.15, 0.2) is 12.7 Å². The monoisotopic (exact) mass is 169 g/mol. The molecule has 3 heteroatoms. The van der Waals surface area contributed by atoms with Crippen molar-refractivity contribution in [3.63, 3.8) is 0 Å². The van der Waals surface area contributed by atoms with Gasteiger partial charge in [0.1, 0.15) is 0 Å². The average Bonchev–Trinajstić information content (AvgIpc) is 2.02. The molecule has 68 valence electrons. The summed E-state index contributed by atoms with van der Waals surface area (Å²) in [7, 11) is 0. The van der Waals surface area contributed by atoms with Crippen LogP contribution in [0, 0.1) is 16.7 Å². The highest BCUT2D eigenvalue weighted by Gasteiger charge is 2.22. The molecule has 0 saturated heterocycles. The number of allylic oxidation sites excluding steroid dienone is 1. The molecule has 0 heterocycles. The van der Waals surface area contributed by atoms with Gasteiger partial charge in [-0.15, -0.1) is 6.58 Å². The van der Waals surface area contributed by atoms with Crippen LogP contribution in [-0.2, 0) is 0 Å². The molecule has 0 amide bonds. The summed E-state index contributed by atoms with van der Waals surface area (Å²) in [5.41, 5.74) is -0.508. The normalized spacial score (nSPS) is 15.2. The number of nitrogens with zero attached hydrogens (tertiary/aromatic N) is 1. The molecule has 0 spiro atoms. The molecule has 0 saturated carbocycles. The van der Waals surface area contributed by atoms with Gasteiger partial charge in [-0.2, -0.15) is 5.26 Å². The SMILES string of the molecule is C=CCC(C)(C#N)CCC(O)O. The molecule has 0 aromatic carbocycles. The number of aliphatic hydroxyl groups excluding tert-OH is 1. The first kappa shape index (κ1) is 11.2. The molecule has 3 nitrogen and oxygen atoms in total. The van der Waals surface area contributed by atoms with E-state index in [0.717, 1.165) is 0 Å². The molecule has 1 atom stereocenters. The van der Waals surface area contributed by atoms with Crippen molar-refractivity contribution in [2.45, 2.75) is 32.5 Å². The van der Waals surface area contributed by atoms with Crippen LogP contribution in [0.5, 0.6) is 0 Å². The first-order chi connectivity index (χ1) is 5.54. The fraction of sp³-hybridized carbons (Fsp3) is 0.667. The third-order valence-electron chi connectivity index (χ3n) is 1.82. The first-order valence-corrected chi connectivity index (χ1v) is 3.92. The molecule has 2 N–H and O–H groups in total. The topological polar surface area (TPSA) is 64.2 Å². The lowest BCUT2D eigenvalue weighted by atomic mass is 9.84. The summed E-state index contributed by atoms with van der Waals surface area (Å²) < 4.78 is 0. The first-order valence-electron chi connectivity index (χ1n) is 3.92. The van der Waals surface area contributed by atoms with Crippen molar-refractivity contribution in [1.29, 1.82) is 5.26 Å². The zero-order valence-electron chi connectivity index (χ0n) is 7.32. The van der Waals surface area contributed by atoms with Gasteiger partial charge in [0.25, 0.3) is 0 Å². The minimum absolute atomic E-state index is 0.234. The summed E-state index contributed by atoms with van der Waals surface area (Å²) >= 11 is 0. The summed E-state index contributed by atoms with van der Waals surface area (Å²) in [6, 6.07) is 2.14. The molecule has 0 aliphatic carbocycles. The van der Waals surface area contributed by atoms with E-state index >= 15 is 0 Å². The highest BCUT2D eigenvalue weighted by molar-refractivity contribution is 4.99. The number of rotatable bonds is 5. The molecule has 0 aliphatic heterocycles. The van der Waals surface area contributed by atoms with Crippen LogP contribution in [0.3, 0.4) is 0 Å². The van der Waals surface area contributed by atoms with E-state index in [9.17, 15) is 0 Å². The zero-order chi connectivity index (χ0) is 9.61. The van der Waals surface area contributed by atoms with Gasteiger partial charge in [-0.25, -0.2) is 0 Å². The fourth-order valence-corrected chi connectivity index (χ4v) is 0.970. The third-order valence-corrected chi connectivity index (χ3v) is 1.82. The van der Waals surface area contributed by atoms with Crippen molar-refractivity contribution in [3.05, 3.63) is 12.7 Å². The minimum atomic E-state index is -1.32. The quantitative estimate of drug-likeness (QED) is 0.480. The smallest absolute Gasteiger partial charge is 0.151 e. The Morgan fingerprint density at radius 1 is 1.67 bits per heavy atom. The summed E-state index contributed by atoms with van der Waals surface area (Å²) in [4.78, 5) is 0. The van der Waals surface area contributed by atoms with Crippen molar-refractivity contribution < 1.29 is 10.2 Å². The predicted molar refractivity (Wildman–Crippen MR) is 46.0 cm³/mol. The maximum absolute atomic E-state index is 8.77. The molecular weight excluding hydrogens is 154 g/mol. The van der Waals surface area contributed by atoms with Gasteiger partial charge in [-0.1, -0.05) is 6.08 Å². The number of hydrogen-bond donors (Lipinski definition) is 2. The molecule has 0 aromatic heterocycles. The van der Waals surface area contributed by atoms with E-state index in [-0.39, 0.29) is 6.42 Å². The molecule has 0 bridgehead atoms. The largest absolute Gasteiger partial charge is 0.368 e. The van der Waals surface area contributed by atoms with Crippen molar-refractivity contribution >= 4 is 0 Å². The second-order valence-corrected chi connectivity index (χ2v) is 3.18. The number of nitriles is 1. The molecule has 0 rings (SSSR count). The molecule has 0 aliphatic rings. The van der Waals surface area contributed by atoms with Crippen molar-refractivity contribution in [1.82, 2.24) is 0 Å². The highest BCUT2D eigenvalue weighted by atomic mass is 16.5. The van der Waals surface area contributed by atoms with Gasteiger partial charge in [0.2, 0.25) is 0 Å². The summed E-state index contributed by atoms with van der Waals surface area (Å²) in [6.07, 6.45) is 1.65. The maximum atomic E-state index is 8.77.